The van der Waals surface area contributed by atoms with E-state index in [9.17, 15) is 13.2 Å². The maximum absolute atomic E-state index is 13.7. The highest BCUT2D eigenvalue weighted by atomic mass is 32.2. The Morgan fingerprint density at radius 3 is 2.65 bits per heavy atom. The molecule has 1 aliphatic rings. The first kappa shape index (κ1) is 25.1. The molecule has 0 radical (unpaired) electrons. The molecular weight excluding hydrogens is 490 g/mol. The van der Waals surface area contributed by atoms with E-state index in [2.05, 4.69) is 4.90 Å². The van der Waals surface area contributed by atoms with Gasteiger partial charge in [-0.1, -0.05) is 23.5 Å². The van der Waals surface area contributed by atoms with Crippen LogP contribution in [0.5, 0.6) is 0 Å². The van der Waals surface area contributed by atoms with Crippen LogP contribution in [-0.2, 0) is 14.6 Å². The fourth-order valence-corrected chi connectivity index (χ4v) is 6.53. The van der Waals surface area contributed by atoms with Crippen LogP contribution in [0, 0.1) is 0 Å². The quantitative estimate of drug-likeness (QED) is 0.413. The second-order valence-electron chi connectivity index (χ2n) is 8.34. The van der Waals surface area contributed by atoms with E-state index in [0.717, 1.165) is 28.2 Å². The third-order valence-electron chi connectivity index (χ3n) is 5.84. The molecule has 1 amide bonds. The topological polar surface area (TPSA) is 79.8 Å². The first-order valence-corrected chi connectivity index (χ1v) is 14.8. The van der Waals surface area contributed by atoms with E-state index in [-0.39, 0.29) is 10.8 Å². The number of fused-ring (bicyclic) bond motifs is 1. The van der Waals surface area contributed by atoms with E-state index >= 15 is 0 Å². The Kier molecular flexibility index (Phi) is 7.94. The Morgan fingerprint density at radius 1 is 1.21 bits per heavy atom. The van der Waals surface area contributed by atoms with Crippen LogP contribution in [0.4, 0.5) is 5.13 Å². The third-order valence-corrected chi connectivity index (χ3v) is 9.81. The number of carbonyl (C=O) groups is 1. The lowest BCUT2D eigenvalue weighted by atomic mass is 10.2. The van der Waals surface area contributed by atoms with Crippen molar-refractivity contribution in [3.05, 3.63) is 48.0 Å². The number of hydrogen-bond donors (Lipinski definition) is 0. The lowest BCUT2D eigenvalue weighted by molar-refractivity contribution is 0.0391. The predicted octanol–water partition coefficient (Wildman–Crippen LogP) is 4.18. The fraction of sp³-hybridized carbons (Fsp3) is 0.417. The van der Waals surface area contributed by atoms with Crippen LogP contribution in [-0.4, -0.2) is 75.1 Å². The monoisotopic (exact) mass is 519 g/mol. The molecule has 0 unspecified atom stereocenters. The molecule has 0 spiro atoms. The average Bonchev–Trinajstić information content (AvgIpc) is 3.28. The summed E-state index contributed by atoms with van der Waals surface area (Å²) in [5, 5.41) is 0.0522. The number of ether oxygens (including phenoxy) is 1. The number of thiazole rings is 1. The molecule has 1 aromatic heterocycles. The highest BCUT2D eigenvalue weighted by Crippen LogP contribution is 2.34. The largest absolute Gasteiger partial charge is 0.379 e. The highest BCUT2D eigenvalue weighted by Gasteiger charge is 2.26. The molecule has 0 aliphatic carbocycles. The number of amides is 1. The lowest BCUT2D eigenvalue weighted by Gasteiger charge is -2.29. The Balaban J connectivity index is 1.70. The van der Waals surface area contributed by atoms with E-state index in [0.29, 0.717) is 37.0 Å². The van der Waals surface area contributed by atoms with Crippen molar-refractivity contribution in [2.45, 2.75) is 28.9 Å². The number of para-hydroxylation sites is 1. The summed E-state index contributed by atoms with van der Waals surface area (Å²) in [6.45, 7) is 7.43. The summed E-state index contributed by atoms with van der Waals surface area (Å²) in [5.41, 5.74) is 1.23. The Labute approximate surface area is 209 Å². The second-order valence-corrected chi connectivity index (χ2v) is 12.7. The van der Waals surface area contributed by atoms with Crippen LogP contribution in [0.15, 0.2) is 52.3 Å². The number of hydrogen-bond acceptors (Lipinski definition) is 8. The van der Waals surface area contributed by atoms with E-state index in [1.807, 2.05) is 24.5 Å². The Hall–Kier alpha value is -1.98. The van der Waals surface area contributed by atoms with Crippen molar-refractivity contribution >= 4 is 54.2 Å². The van der Waals surface area contributed by atoms with Gasteiger partial charge in [-0.15, -0.1) is 11.8 Å². The second kappa shape index (κ2) is 10.7. The van der Waals surface area contributed by atoms with Crippen molar-refractivity contribution in [1.29, 1.82) is 0 Å². The third kappa shape index (κ3) is 5.31. The summed E-state index contributed by atoms with van der Waals surface area (Å²) in [7, 11) is -3.49. The van der Waals surface area contributed by atoms with Gasteiger partial charge in [0.25, 0.3) is 5.91 Å². The van der Waals surface area contributed by atoms with Gasteiger partial charge in [-0.2, -0.15) is 0 Å². The van der Waals surface area contributed by atoms with Crippen molar-refractivity contribution < 1.29 is 17.9 Å². The number of carbonyl (C=O) groups excluding carboxylic acids is 1. The molecule has 0 atom stereocenters. The van der Waals surface area contributed by atoms with Gasteiger partial charge < -0.3 is 4.74 Å². The molecule has 0 N–H and O–H groups in total. The van der Waals surface area contributed by atoms with E-state index in [1.165, 1.54) is 17.4 Å². The molecule has 4 rings (SSSR count). The molecule has 7 nitrogen and oxygen atoms in total. The van der Waals surface area contributed by atoms with Gasteiger partial charge in [0.15, 0.2) is 15.0 Å². The number of morpholine rings is 1. The first-order chi connectivity index (χ1) is 16.3. The van der Waals surface area contributed by atoms with Crippen molar-refractivity contribution in [3.8, 4) is 0 Å². The number of sulfone groups is 1. The number of aromatic nitrogens is 1. The van der Waals surface area contributed by atoms with Gasteiger partial charge in [0, 0.05) is 36.6 Å². The van der Waals surface area contributed by atoms with Crippen LogP contribution in [0.3, 0.4) is 0 Å². The van der Waals surface area contributed by atoms with E-state index in [4.69, 9.17) is 9.72 Å². The average molecular weight is 520 g/mol. The summed E-state index contributed by atoms with van der Waals surface area (Å²) in [4.78, 5) is 23.8. The maximum Gasteiger partial charge on any atom is 0.260 e. The van der Waals surface area contributed by atoms with Gasteiger partial charge in [0.1, 0.15) is 0 Å². The number of nitrogens with zero attached hydrogens (tertiary/aromatic N) is 3. The van der Waals surface area contributed by atoms with Crippen molar-refractivity contribution in [1.82, 2.24) is 9.88 Å². The normalized spacial score (nSPS) is 15.2. The summed E-state index contributed by atoms with van der Waals surface area (Å²) in [6.07, 6.45) is 2.01. The van der Waals surface area contributed by atoms with Gasteiger partial charge in [0.05, 0.1) is 33.6 Å². The minimum absolute atomic E-state index is 0.162. The van der Waals surface area contributed by atoms with Crippen molar-refractivity contribution in [2.24, 2.45) is 0 Å². The molecule has 1 saturated heterocycles. The fourth-order valence-electron chi connectivity index (χ4n) is 3.78. The molecule has 1 fully saturated rings. The van der Waals surface area contributed by atoms with Crippen LogP contribution < -0.4 is 4.90 Å². The SMILES string of the molecule is CSc1cccc2sc(N(CCN3CCOCC3)C(=O)c3cccc(S(=O)(=O)C(C)C)c3)nc12. The minimum Gasteiger partial charge on any atom is -0.379 e. The van der Waals surface area contributed by atoms with Gasteiger partial charge >= 0.3 is 0 Å². The summed E-state index contributed by atoms with van der Waals surface area (Å²) < 4.78 is 31.9. The number of anilines is 1. The zero-order valence-electron chi connectivity index (χ0n) is 19.6. The smallest absolute Gasteiger partial charge is 0.260 e. The molecule has 2 aromatic carbocycles. The highest BCUT2D eigenvalue weighted by molar-refractivity contribution is 7.98. The minimum atomic E-state index is -3.49. The Morgan fingerprint density at radius 2 is 1.94 bits per heavy atom. The predicted molar refractivity (Wildman–Crippen MR) is 139 cm³/mol. The van der Waals surface area contributed by atoms with Gasteiger partial charge in [0.2, 0.25) is 0 Å². The van der Waals surface area contributed by atoms with Gasteiger partial charge in [-0.25, -0.2) is 13.4 Å². The lowest BCUT2D eigenvalue weighted by Crippen LogP contribution is -2.43. The molecule has 0 saturated carbocycles. The van der Waals surface area contributed by atoms with Gasteiger partial charge in [-0.3, -0.25) is 14.6 Å². The zero-order valence-corrected chi connectivity index (χ0v) is 22.0. The van der Waals surface area contributed by atoms with Gasteiger partial charge in [-0.05, 0) is 50.4 Å². The van der Waals surface area contributed by atoms with E-state index < -0.39 is 15.1 Å². The number of benzene rings is 2. The number of rotatable bonds is 8. The molecule has 0 bridgehead atoms. The molecule has 2 heterocycles. The zero-order chi connectivity index (χ0) is 24.3. The molecule has 1 aliphatic heterocycles. The van der Waals surface area contributed by atoms with Crippen molar-refractivity contribution in [2.75, 3.05) is 50.5 Å². The molecule has 10 heteroatoms. The molecule has 182 valence electrons. The van der Waals surface area contributed by atoms with Crippen LogP contribution in [0.25, 0.3) is 10.2 Å². The summed E-state index contributed by atoms with van der Waals surface area (Å²) in [6, 6.07) is 12.4. The molecule has 34 heavy (non-hydrogen) atoms. The van der Waals surface area contributed by atoms with Crippen molar-refractivity contribution in [3.63, 3.8) is 0 Å². The van der Waals surface area contributed by atoms with E-state index in [1.54, 1.807) is 48.7 Å². The standard InChI is InChI=1S/C24H29N3O4S3/c1-17(2)34(29,30)19-7-4-6-18(16-19)23(28)27(11-10-26-12-14-31-15-13-26)24-25-22-20(32-3)8-5-9-21(22)33-24/h4-9,16-17H,10-15H2,1-3H3. The maximum atomic E-state index is 13.7. The van der Waals surface area contributed by atoms with Crippen LogP contribution in [0.2, 0.25) is 0 Å². The Bertz CT molecular complexity index is 1270. The molecule has 3 aromatic rings. The first-order valence-electron chi connectivity index (χ1n) is 11.2. The summed E-state index contributed by atoms with van der Waals surface area (Å²) in [5.74, 6) is -0.251. The summed E-state index contributed by atoms with van der Waals surface area (Å²) >= 11 is 3.10. The van der Waals surface area contributed by atoms with Crippen LogP contribution >= 0.6 is 23.1 Å². The molecular formula is C24H29N3O4S3. The number of thioether (sulfide) groups is 1. The van der Waals surface area contributed by atoms with Crippen LogP contribution in [0.1, 0.15) is 24.2 Å².